The molecule has 0 unspecified atom stereocenters. The van der Waals surface area contributed by atoms with Gasteiger partial charge in [0.05, 0.1) is 6.20 Å². The van der Waals surface area contributed by atoms with E-state index in [1.165, 1.54) is 16.7 Å². The van der Waals surface area contributed by atoms with Crippen molar-refractivity contribution < 1.29 is 8.42 Å². The van der Waals surface area contributed by atoms with Gasteiger partial charge in [-0.25, -0.2) is 13.4 Å². The SMILES string of the molecule is Cn1cc(C2=CCCN(S(=O)(=O)c3ncc[nH]3)C2)cn1. The predicted octanol–water partition coefficient (Wildman–Crippen LogP) is 0.621. The highest BCUT2D eigenvalue weighted by Crippen LogP contribution is 2.24. The average Bonchev–Trinajstić information content (AvgIpc) is 3.10. The number of hydrogen-bond donors (Lipinski definition) is 1. The third-order valence-electron chi connectivity index (χ3n) is 3.25. The maximum absolute atomic E-state index is 12.4. The molecule has 106 valence electrons. The first-order chi connectivity index (χ1) is 9.57. The lowest BCUT2D eigenvalue weighted by molar-refractivity contribution is 0.438. The van der Waals surface area contributed by atoms with Crippen LogP contribution in [0.25, 0.3) is 5.57 Å². The van der Waals surface area contributed by atoms with Crippen molar-refractivity contribution in [2.45, 2.75) is 11.6 Å². The van der Waals surface area contributed by atoms with E-state index in [1.54, 1.807) is 10.9 Å². The van der Waals surface area contributed by atoms with Crippen LogP contribution in [0.3, 0.4) is 0 Å². The first-order valence-corrected chi connectivity index (χ1v) is 7.69. The zero-order chi connectivity index (χ0) is 14.2. The van der Waals surface area contributed by atoms with Crippen molar-refractivity contribution in [2.24, 2.45) is 7.05 Å². The second-order valence-corrected chi connectivity index (χ2v) is 6.51. The first-order valence-electron chi connectivity index (χ1n) is 6.25. The molecule has 0 fully saturated rings. The van der Waals surface area contributed by atoms with Crippen molar-refractivity contribution in [3.63, 3.8) is 0 Å². The fourth-order valence-electron chi connectivity index (χ4n) is 2.23. The fraction of sp³-hybridized carbons (Fsp3) is 0.333. The minimum absolute atomic E-state index is 0.00932. The molecule has 8 heteroatoms. The van der Waals surface area contributed by atoms with Gasteiger partial charge < -0.3 is 4.98 Å². The molecule has 0 aliphatic carbocycles. The fourth-order valence-corrected chi connectivity index (χ4v) is 3.54. The number of imidazole rings is 1. The van der Waals surface area contributed by atoms with Crippen LogP contribution in [-0.2, 0) is 17.1 Å². The monoisotopic (exact) mass is 293 g/mol. The molecular formula is C12H15N5O2S. The number of aromatic amines is 1. The van der Waals surface area contributed by atoms with Crippen LogP contribution < -0.4 is 0 Å². The Balaban J connectivity index is 1.86. The highest BCUT2D eigenvalue weighted by Gasteiger charge is 2.29. The van der Waals surface area contributed by atoms with Crippen LogP contribution in [0.4, 0.5) is 0 Å². The number of sulfonamides is 1. The number of aromatic nitrogens is 4. The van der Waals surface area contributed by atoms with E-state index in [-0.39, 0.29) is 5.16 Å². The molecular weight excluding hydrogens is 278 g/mol. The molecule has 0 saturated heterocycles. The summed E-state index contributed by atoms with van der Waals surface area (Å²) in [6, 6.07) is 0. The number of nitrogens with one attached hydrogen (secondary N) is 1. The zero-order valence-corrected chi connectivity index (χ0v) is 11.8. The number of hydrogen-bond acceptors (Lipinski definition) is 4. The molecule has 0 aromatic carbocycles. The van der Waals surface area contributed by atoms with Crippen LogP contribution in [0, 0.1) is 0 Å². The van der Waals surface area contributed by atoms with Crippen LogP contribution >= 0.6 is 0 Å². The maximum Gasteiger partial charge on any atom is 0.277 e. The van der Waals surface area contributed by atoms with Gasteiger partial charge in [-0.3, -0.25) is 4.68 Å². The molecule has 1 N–H and O–H groups in total. The molecule has 3 rings (SSSR count). The van der Waals surface area contributed by atoms with Gasteiger partial charge in [0, 0.05) is 44.3 Å². The third kappa shape index (κ3) is 2.27. The Morgan fingerprint density at radius 3 is 2.90 bits per heavy atom. The molecule has 0 amide bonds. The van der Waals surface area contributed by atoms with E-state index < -0.39 is 10.0 Å². The van der Waals surface area contributed by atoms with Gasteiger partial charge in [0.25, 0.3) is 10.0 Å². The summed E-state index contributed by atoms with van der Waals surface area (Å²) >= 11 is 0. The summed E-state index contributed by atoms with van der Waals surface area (Å²) in [6.07, 6.45) is 9.32. The first kappa shape index (κ1) is 13.1. The molecule has 2 aromatic rings. The lowest BCUT2D eigenvalue weighted by atomic mass is 10.1. The number of nitrogens with zero attached hydrogens (tertiary/aromatic N) is 4. The Labute approximate surface area is 117 Å². The molecule has 1 aliphatic rings. The maximum atomic E-state index is 12.4. The van der Waals surface area contributed by atoms with E-state index in [0.29, 0.717) is 19.5 Å². The van der Waals surface area contributed by atoms with Crippen LogP contribution in [-0.4, -0.2) is 45.6 Å². The van der Waals surface area contributed by atoms with Crippen LogP contribution in [0.15, 0.2) is 36.0 Å². The van der Waals surface area contributed by atoms with Gasteiger partial charge >= 0.3 is 0 Å². The Bertz CT molecular complexity index is 730. The van der Waals surface area contributed by atoms with E-state index in [0.717, 1.165) is 11.1 Å². The van der Waals surface area contributed by atoms with Gasteiger partial charge in [-0.2, -0.15) is 9.40 Å². The number of aryl methyl sites for hydroxylation is 1. The summed E-state index contributed by atoms with van der Waals surface area (Å²) in [5, 5.41) is 4.11. The number of rotatable bonds is 3. The Kier molecular flexibility index (Phi) is 3.19. The van der Waals surface area contributed by atoms with Crippen molar-refractivity contribution in [2.75, 3.05) is 13.1 Å². The molecule has 0 atom stereocenters. The Morgan fingerprint density at radius 1 is 1.40 bits per heavy atom. The van der Waals surface area contributed by atoms with Gasteiger partial charge in [-0.1, -0.05) is 6.08 Å². The van der Waals surface area contributed by atoms with E-state index in [9.17, 15) is 8.42 Å². The highest BCUT2D eigenvalue weighted by molar-refractivity contribution is 7.89. The zero-order valence-electron chi connectivity index (χ0n) is 11.0. The van der Waals surface area contributed by atoms with Gasteiger partial charge in [0.15, 0.2) is 0 Å². The summed E-state index contributed by atoms with van der Waals surface area (Å²) in [6.45, 7) is 0.807. The Hall–Kier alpha value is -1.93. The van der Waals surface area contributed by atoms with Crippen molar-refractivity contribution >= 4 is 15.6 Å². The summed E-state index contributed by atoms with van der Waals surface area (Å²) in [5.41, 5.74) is 1.92. The van der Waals surface area contributed by atoms with Gasteiger partial charge in [-0.05, 0) is 12.0 Å². The quantitative estimate of drug-likeness (QED) is 0.899. The van der Waals surface area contributed by atoms with Crippen molar-refractivity contribution in [3.8, 4) is 0 Å². The summed E-state index contributed by atoms with van der Waals surface area (Å²) < 4.78 is 28.0. The van der Waals surface area contributed by atoms with Crippen LogP contribution in [0.1, 0.15) is 12.0 Å². The van der Waals surface area contributed by atoms with Crippen molar-refractivity contribution in [1.82, 2.24) is 24.1 Å². The lowest BCUT2D eigenvalue weighted by Crippen LogP contribution is -2.36. The smallest absolute Gasteiger partial charge is 0.277 e. The minimum Gasteiger partial charge on any atom is -0.334 e. The molecule has 20 heavy (non-hydrogen) atoms. The predicted molar refractivity (Wildman–Crippen MR) is 73.1 cm³/mol. The summed E-state index contributed by atoms with van der Waals surface area (Å²) in [4.78, 5) is 6.50. The van der Waals surface area contributed by atoms with Crippen molar-refractivity contribution in [3.05, 3.63) is 36.4 Å². The molecule has 0 saturated carbocycles. The third-order valence-corrected chi connectivity index (χ3v) is 4.95. The van der Waals surface area contributed by atoms with E-state index in [1.807, 2.05) is 13.2 Å². The topological polar surface area (TPSA) is 83.9 Å². The lowest BCUT2D eigenvalue weighted by Gasteiger charge is -2.25. The largest absolute Gasteiger partial charge is 0.334 e. The minimum atomic E-state index is -3.55. The Morgan fingerprint density at radius 2 is 2.25 bits per heavy atom. The summed E-state index contributed by atoms with van der Waals surface area (Å²) in [5.74, 6) is 0. The molecule has 0 radical (unpaired) electrons. The van der Waals surface area contributed by atoms with E-state index >= 15 is 0 Å². The molecule has 0 bridgehead atoms. The molecule has 3 heterocycles. The van der Waals surface area contributed by atoms with Gasteiger partial charge in [0.1, 0.15) is 0 Å². The van der Waals surface area contributed by atoms with Crippen LogP contribution in [0.2, 0.25) is 0 Å². The second kappa shape index (κ2) is 4.88. The van der Waals surface area contributed by atoms with Crippen LogP contribution in [0.5, 0.6) is 0 Å². The average molecular weight is 293 g/mol. The van der Waals surface area contributed by atoms with Gasteiger partial charge in [0.2, 0.25) is 5.16 Å². The molecule has 1 aliphatic heterocycles. The van der Waals surface area contributed by atoms with E-state index in [4.69, 9.17) is 0 Å². The molecule has 2 aromatic heterocycles. The van der Waals surface area contributed by atoms with Crippen molar-refractivity contribution in [1.29, 1.82) is 0 Å². The summed E-state index contributed by atoms with van der Waals surface area (Å²) in [7, 11) is -1.72. The second-order valence-electron chi connectivity index (χ2n) is 4.65. The highest BCUT2D eigenvalue weighted by atomic mass is 32.2. The van der Waals surface area contributed by atoms with Gasteiger partial charge in [-0.15, -0.1) is 0 Å². The standard InChI is InChI=1S/C12H15N5O2S/c1-16-8-11(7-15-16)10-3-2-6-17(9-10)20(18,19)12-13-4-5-14-12/h3-5,7-8H,2,6,9H2,1H3,(H,13,14). The number of H-pyrrole nitrogens is 1. The molecule has 0 spiro atoms. The van der Waals surface area contributed by atoms with E-state index in [2.05, 4.69) is 21.1 Å². The normalized spacial score (nSPS) is 17.1. The molecule has 7 nitrogen and oxygen atoms in total.